The summed E-state index contributed by atoms with van der Waals surface area (Å²) in [5.74, 6) is 3.22. The molecule has 1 aromatic heterocycles. The van der Waals surface area contributed by atoms with E-state index in [0.717, 1.165) is 43.0 Å². The number of piperidine rings is 1. The van der Waals surface area contributed by atoms with Crippen LogP contribution in [0.25, 0.3) is 11.4 Å². The number of thioether (sulfide) groups is 1. The fourth-order valence-electron chi connectivity index (χ4n) is 3.96. The Kier molecular flexibility index (Phi) is 8.42. The number of nitrogens with one attached hydrogen (secondary N) is 1. The molecule has 0 saturated carbocycles. The first-order chi connectivity index (χ1) is 16.1. The van der Waals surface area contributed by atoms with Gasteiger partial charge in [0.2, 0.25) is 17.6 Å². The van der Waals surface area contributed by atoms with Crippen LogP contribution in [0.4, 0.5) is 0 Å². The van der Waals surface area contributed by atoms with Gasteiger partial charge < -0.3 is 9.84 Å². The maximum Gasteiger partial charge on any atom is 0.241 e. The number of aryl methyl sites for hydroxylation is 1. The van der Waals surface area contributed by atoms with Gasteiger partial charge in [-0.3, -0.25) is 9.69 Å². The van der Waals surface area contributed by atoms with Crippen LogP contribution in [0.3, 0.4) is 0 Å². The van der Waals surface area contributed by atoms with Crippen molar-refractivity contribution < 1.29 is 9.32 Å². The van der Waals surface area contributed by atoms with E-state index in [1.807, 2.05) is 36.0 Å². The van der Waals surface area contributed by atoms with Crippen LogP contribution in [0, 0.1) is 12.8 Å². The van der Waals surface area contributed by atoms with Crippen LogP contribution in [0.15, 0.2) is 53.1 Å². The molecule has 33 heavy (non-hydrogen) atoms. The maximum absolute atomic E-state index is 12.6. The molecule has 0 unspecified atom stereocenters. The molecule has 1 fully saturated rings. The normalized spacial score (nSPS) is 15.0. The average molecular weight is 485 g/mol. The van der Waals surface area contributed by atoms with Crippen molar-refractivity contribution in [2.24, 2.45) is 5.92 Å². The van der Waals surface area contributed by atoms with Gasteiger partial charge in [-0.1, -0.05) is 53.2 Å². The van der Waals surface area contributed by atoms with Crippen LogP contribution in [0.2, 0.25) is 5.02 Å². The van der Waals surface area contributed by atoms with E-state index >= 15 is 0 Å². The topological polar surface area (TPSA) is 71.3 Å². The number of likely N-dealkylation sites (tertiary alicyclic amines) is 1. The summed E-state index contributed by atoms with van der Waals surface area (Å²) in [4.78, 5) is 19.3. The number of hydrogen-bond donors (Lipinski definition) is 1. The van der Waals surface area contributed by atoms with Gasteiger partial charge in [0.25, 0.3) is 0 Å². The number of carbonyl (C=O) groups is 1. The Balaban J connectivity index is 1.15. The molecule has 6 nitrogen and oxygen atoms in total. The Hall–Kier alpha value is -2.35. The highest BCUT2D eigenvalue weighted by Crippen LogP contribution is 2.26. The fraction of sp³-hybridized carbons (Fsp3) is 0.400. The molecule has 2 heterocycles. The first-order valence-electron chi connectivity index (χ1n) is 11.3. The standard InChI is InChI=1S/C25H29ClN4O2S/c1-18-6-2-3-7-20(18)17-33-15-12-27-25(31)19-10-13-30(14-11-19)16-23-28-24(29-32-23)21-8-4-5-9-22(21)26/h2-9,19H,10-17H2,1H3,(H,27,31). The third kappa shape index (κ3) is 6.59. The second-order valence-electron chi connectivity index (χ2n) is 8.31. The predicted molar refractivity (Wildman–Crippen MR) is 133 cm³/mol. The summed E-state index contributed by atoms with van der Waals surface area (Å²) in [5.41, 5.74) is 3.45. The second kappa shape index (κ2) is 11.7. The highest BCUT2D eigenvalue weighted by molar-refractivity contribution is 7.98. The Morgan fingerprint density at radius 1 is 1.18 bits per heavy atom. The van der Waals surface area contributed by atoms with E-state index in [9.17, 15) is 4.79 Å². The summed E-state index contributed by atoms with van der Waals surface area (Å²) in [6.45, 7) is 5.11. The Labute approximate surface area is 204 Å². The van der Waals surface area contributed by atoms with Crippen LogP contribution >= 0.6 is 23.4 Å². The van der Waals surface area contributed by atoms with E-state index in [2.05, 4.69) is 51.5 Å². The number of rotatable bonds is 9. The van der Waals surface area contributed by atoms with Gasteiger partial charge in [0.05, 0.1) is 11.6 Å². The van der Waals surface area contributed by atoms with Crippen LogP contribution in [-0.2, 0) is 17.1 Å². The van der Waals surface area contributed by atoms with Gasteiger partial charge in [-0.2, -0.15) is 16.7 Å². The van der Waals surface area contributed by atoms with Gasteiger partial charge in [0.15, 0.2) is 0 Å². The zero-order valence-electron chi connectivity index (χ0n) is 18.8. The zero-order valence-corrected chi connectivity index (χ0v) is 20.4. The average Bonchev–Trinajstić information content (AvgIpc) is 3.29. The van der Waals surface area contributed by atoms with Crippen LogP contribution in [0.1, 0.15) is 29.9 Å². The molecular formula is C25H29ClN4O2S. The smallest absolute Gasteiger partial charge is 0.241 e. The summed E-state index contributed by atoms with van der Waals surface area (Å²) in [6.07, 6.45) is 1.68. The molecule has 0 atom stereocenters. The summed E-state index contributed by atoms with van der Waals surface area (Å²) in [7, 11) is 0. The number of halogens is 1. The fourth-order valence-corrected chi connectivity index (χ4v) is 5.12. The van der Waals surface area contributed by atoms with Gasteiger partial charge in [0.1, 0.15) is 0 Å². The lowest BCUT2D eigenvalue weighted by atomic mass is 9.96. The molecular weight excluding hydrogens is 456 g/mol. The van der Waals surface area contributed by atoms with E-state index in [-0.39, 0.29) is 11.8 Å². The summed E-state index contributed by atoms with van der Waals surface area (Å²) in [6, 6.07) is 15.9. The summed E-state index contributed by atoms with van der Waals surface area (Å²) < 4.78 is 5.42. The molecule has 0 aliphatic carbocycles. The van der Waals surface area contributed by atoms with E-state index < -0.39 is 0 Å². The minimum Gasteiger partial charge on any atom is -0.355 e. The van der Waals surface area contributed by atoms with Crippen molar-refractivity contribution in [3.8, 4) is 11.4 Å². The molecule has 0 bridgehead atoms. The van der Waals surface area contributed by atoms with Gasteiger partial charge in [0, 0.05) is 29.5 Å². The van der Waals surface area contributed by atoms with E-state index in [0.29, 0.717) is 29.8 Å². The highest BCUT2D eigenvalue weighted by atomic mass is 35.5. The summed E-state index contributed by atoms with van der Waals surface area (Å²) >= 11 is 8.08. The Morgan fingerprint density at radius 3 is 2.73 bits per heavy atom. The minimum atomic E-state index is 0.0731. The van der Waals surface area contributed by atoms with Crippen LogP contribution in [0.5, 0.6) is 0 Å². The molecule has 0 radical (unpaired) electrons. The Morgan fingerprint density at radius 2 is 1.94 bits per heavy atom. The second-order valence-corrected chi connectivity index (χ2v) is 9.82. The van der Waals surface area contributed by atoms with Crippen molar-refractivity contribution in [3.05, 3.63) is 70.6 Å². The lowest BCUT2D eigenvalue weighted by Crippen LogP contribution is -2.40. The molecule has 1 saturated heterocycles. The van der Waals surface area contributed by atoms with E-state index in [1.165, 1.54) is 11.1 Å². The maximum atomic E-state index is 12.6. The van der Waals surface area contributed by atoms with Crippen molar-refractivity contribution in [1.82, 2.24) is 20.4 Å². The highest BCUT2D eigenvalue weighted by Gasteiger charge is 2.26. The predicted octanol–water partition coefficient (Wildman–Crippen LogP) is 4.96. The van der Waals surface area contributed by atoms with Gasteiger partial charge in [-0.15, -0.1) is 0 Å². The quantitative estimate of drug-likeness (QED) is 0.433. The van der Waals surface area contributed by atoms with Crippen molar-refractivity contribution in [3.63, 3.8) is 0 Å². The number of aromatic nitrogens is 2. The number of benzene rings is 2. The van der Waals surface area contributed by atoms with Crippen molar-refractivity contribution in [2.75, 3.05) is 25.4 Å². The number of nitrogens with zero attached hydrogens (tertiary/aromatic N) is 3. The van der Waals surface area contributed by atoms with E-state index in [1.54, 1.807) is 0 Å². The number of amides is 1. The van der Waals surface area contributed by atoms with Crippen LogP contribution in [-0.4, -0.2) is 46.3 Å². The molecule has 1 aliphatic rings. The van der Waals surface area contributed by atoms with Gasteiger partial charge in [-0.05, 0) is 56.1 Å². The monoisotopic (exact) mass is 484 g/mol. The van der Waals surface area contributed by atoms with Crippen molar-refractivity contribution >= 4 is 29.3 Å². The number of carbonyl (C=O) groups excluding carboxylic acids is 1. The van der Waals surface area contributed by atoms with Crippen molar-refractivity contribution in [1.29, 1.82) is 0 Å². The molecule has 2 aromatic carbocycles. The largest absolute Gasteiger partial charge is 0.355 e. The third-order valence-corrected chi connectivity index (χ3v) is 7.30. The molecule has 1 amide bonds. The van der Waals surface area contributed by atoms with Gasteiger partial charge >= 0.3 is 0 Å². The summed E-state index contributed by atoms with van der Waals surface area (Å²) in [5, 5.41) is 7.78. The Bertz CT molecular complexity index is 1070. The molecule has 3 aromatic rings. The molecule has 1 N–H and O–H groups in total. The lowest BCUT2D eigenvalue weighted by molar-refractivity contribution is -0.126. The van der Waals surface area contributed by atoms with Crippen molar-refractivity contribution in [2.45, 2.75) is 32.1 Å². The SMILES string of the molecule is Cc1ccccc1CSCCNC(=O)C1CCN(Cc2nc(-c3ccccc3Cl)no2)CC1. The minimum absolute atomic E-state index is 0.0731. The first kappa shape index (κ1) is 23.8. The zero-order chi connectivity index (χ0) is 23.0. The molecule has 4 rings (SSSR count). The molecule has 8 heteroatoms. The van der Waals surface area contributed by atoms with Crippen LogP contribution < -0.4 is 5.32 Å². The molecule has 0 spiro atoms. The number of hydrogen-bond acceptors (Lipinski definition) is 6. The van der Waals surface area contributed by atoms with Gasteiger partial charge in [-0.25, -0.2) is 0 Å². The third-order valence-electron chi connectivity index (χ3n) is 5.96. The first-order valence-corrected chi connectivity index (χ1v) is 12.8. The lowest BCUT2D eigenvalue weighted by Gasteiger charge is -2.30. The molecule has 1 aliphatic heterocycles. The molecule has 174 valence electrons. The van der Waals surface area contributed by atoms with E-state index in [4.69, 9.17) is 16.1 Å².